The molecule has 3 heterocycles. The van der Waals surface area contributed by atoms with Crippen molar-refractivity contribution in [2.24, 2.45) is 0 Å². The lowest BCUT2D eigenvalue weighted by molar-refractivity contribution is -0.132. The summed E-state index contributed by atoms with van der Waals surface area (Å²) in [5.41, 5.74) is 2.90. The molecular weight excluding hydrogens is 306 g/mol. The molecule has 0 radical (unpaired) electrons. The number of carbonyl (C=O) groups excluding carboxylic acids is 2. The van der Waals surface area contributed by atoms with E-state index in [9.17, 15) is 9.59 Å². The summed E-state index contributed by atoms with van der Waals surface area (Å²) in [5.74, 6) is -0.0153. The number of rotatable bonds is 3. The first-order valence-electron chi connectivity index (χ1n) is 8.13. The molecule has 4 rings (SSSR count). The Morgan fingerprint density at radius 1 is 1.17 bits per heavy atom. The van der Waals surface area contributed by atoms with E-state index in [1.165, 1.54) is 0 Å². The van der Waals surface area contributed by atoms with Crippen LogP contribution >= 0.6 is 0 Å². The number of hydrogen-bond donors (Lipinski definition) is 1. The Balaban J connectivity index is 1.39. The van der Waals surface area contributed by atoms with E-state index < -0.39 is 0 Å². The van der Waals surface area contributed by atoms with Crippen LogP contribution in [0.1, 0.15) is 11.4 Å². The Hall–Kier alpha value is -2.83. The Labute approximate surface area is 139 Å². The van der Waals surface area contributed by atoms with Crippen molar-refractivity contribution >= 4 is 17.6 Å². The van der Waals surface area contributed by atoms with Crippen molar-refractivity contribution in [3.63, 3.8) is 0 Å². The number of amides is 3. The molecule has 0 atom stereocenters. The first-order valence-corrected chi connectivity index (χ1v) is 8.13. The lowest BCUT2D eigenvalue weighted by Crippen LogP contribution is -2.44. The zero-order valence-electron chi connectivity index (χ0n) is 13.3. The monoisotopic (exact) mass is 325 g/mol. The first kappa shape index (κ1) is 14.7. The Morgan fingerprint density at radius 2 is 2.00 bits per heavy atom. The van der Waals surface area contributed by atoms with Gasteiger partial charge in [-0.2, -0.15) is 0 Å². The third-order valence-electron chi connectivity index (χ3n) is 4.62. The van der Waals surface area contributed by atoms with Crippen LogP contribution in [0, 0.1) is 0 Å². The normalized spacial score (nSPS) is 17.3. The highest BCUT2D eigenvalue weighted by Crippen LogP contribution is 2.20. The van der Waals surface area contributed by atoms with Gasteiger partial charge in [0.1, 0.15) is 6.54 Å². The number of H-pyrrole nitrogens is 1. The molecule has 2 aromatic rings. The van der Waals surface area contributed by atoms with Crippen LogP contribution in [0.4, 0.5) is 10.5 Å². The van der Waals surface area contributed by atoms with Gasteiger partial charge in [-0.15, -0.1) is 0 Å². The fourth-order valence-electron chi connectivity index (χ4n) is 3.27. The SMILES string of the molecule is O=C(CN1CCN(c2ccccc2)C1=O)N1CCc2nc[nH]c2C1. The third kappa shape index (κ3) is 2.62. The minimum Gasteiger partial charge on any atom is -0.347 e. The third-order valence-corrected chi connectivity index (χ3v) is 4.62. The summed E-state index contributed by atoms with van der Waals surface area (Å²) in [7, 11) is 0. The summed E-state index contributed by atoms with van der Waals surface area (Å²) >= 11 is 0. The van der Waals surface area contributed by atoms with Crippen LogP contribution in [0.3, 0.4) is 0 Å². The highest BCUT2D eigenvalue weighted by atomic mass is 16.2. The van der Waals surface area contributed by atoms with Gasteiger partial charge >= 0.3 is 6.03 Å². The number of anilines is 1. The van der Waals surface area contributed by atoms with Gasteiger partial charge in [-0.25, -0.2) is 9.78 Å². The second-order valence-electron chi connectivity index (χ2n) is 6.08. The maximum Gasteiger partial charge on any atom is 0.325 e. The average molecular weight is 325 g/mol. The number of aromatic amines is 1. The molecule has 1 N–H and O–H groups in total. The van der Waals surface area contributed by atoms with Crippen LogP contribution < -0.4 is 4.90 Å². The summed E-state index contributed by atoms with van der Waals surface area (Å²) in [5, 5.41) is 0. The van der Waals surface area contributed by atoms with Gasteiger partial charge in [0.15, 0.2) is 0 Å². The molecule has 7 nitrogen and oxygen atoms in total. The van der Waals surface area contributed by atoms with E-state index >= 15 is 0 Å². The number of fused-ring (bicyclic) bond motifs is 1. The molecule has 1 fully saturated rings. The van der Waals surface area contributed by atoms with E-state index in [0.29, 0.717) is 26.2 Å². The van der Waals surface area contributed by atoms with E-state index in [1.54, 1.807) is 21.0 Å². The molecule has 0 bridgehead atoms. The number of urea groups is 1. The maximum absolute atomic E-state index is 12.6. The van der Waals surface area contributed by atoms with Gasteiger partial charge in [0, 0.05) is 31.7 Å². The van der Waals surface area contributed by atoms with Crippen LogP contribution in [-0.4, -0.2) is 57.9 Å². The maximum atomic E-state index is 12.6. The summed E-state index contributed by atoms with van der Waals surface area (Å²) in [4.78, 5) is 37.6. The van der Waals surface area contributed by atoms with Crippen LogP contribution in [0.5, 0.6) is 0 Å². The molecule has 3 amide bonds. The quantitative estimate of drug-likeness (QED) is 0.923. The molecule has 1 aromatic heterocycles. The molecular formula is C17H19N5O2. The smallest absolute Gasteiger partial charge is 0.325 e. The second-order valence-corrected chi connectivity index (χ2v) is 6.08. The molecule has 2 aliphatic rings. The minimum absolute atomic E-state index is 0.0153. The summed E-state index contributed by atoms with van der Waals surface area (Å²) in [6.45, 7) is 2.51. The zero-order chi connectivity index (χ0) is 16.5. The average Bonchev–Trinajstić information content (AvgIpc) is 3.22. The standard InChI is InChI=1S/C17H19N5O2/c23-16(20-7-6-14-15(10-20)19-12-18-14)11-21-8-9-22(17(21)24)13-4-2-1-3-5-13/h1-5,12H,6-11H2,(H,18,19). The molecule has 124 valence electrons. The predicted octanol–water partition coefficient (Wildman–Crippen LogP) is 1.24. The van der Waals surface area contributed by atoms with Crippen LogP contribution in [0.25, 0.3) is 0 Å². The number of para-hydroxylation sites is 1. The molecule has 7 heteroatoms. The molecule has 2 aliphatic heterocycles. The van der Waals surface area contributed by atoms with E-state index in [1.807, 2.05) is 30.3 Å². The summed E-state index contributed by atoms with van der Waals surface area (Å²) in [6.07, 6.45) is 2.43. The Kier molecular flexibility index (Phi) is 3.68. The fourth-order valence-corrected chi connectivity index (χ4v) is 3.27. The lowest BCUT2D eigenvalue weighted by Gasteiger charge is -2.28. The van der Waals surface area contributed by atoms with Crippen molar-refractivity contribution in [1.29, 1.82) is 0 Å². The Bertz CT molecular complexity index is 757. The number of benzene rings is 1. The van der Waals surface area contributed by atoms with Crippen molar-refractivity contribution in [1.82, 2.24) is 19.8 Å². The summed E-state index contributed by atoms with van der Waals surface area (Å²) < 4.78 is 0. The van der Waals surface area contributed by atoms with Gasteiger partial charge in [-0.05, 0) is 12.1 Å². The zero-order valence-corrected chi connectivity index (χ0v) is 13.3. The van der Waals surface area contributed by atoms with Crippen LogP contribution in [0.15, 0.2) is 36.7 Å². The first-order chi connectivity index (χ1) is 11.7. The molecule has 1 aromatic carbocycles. The van der Waals surface area contributed by atoms with Gasteiger partial charge in [0.05, 0.1) is 24.3 Å². The highest BCUT2D eigenvalue weighted by molar-refractivity contribution is 5.96. The van der Waals surface area contributed by atoms with Crippen LogP contribution in [-0.2, 0) is 17.8 Å². The van der Waals surface area contributed by atoms with Gasteiger partial charge in [0.2, 0.25) is 5.91 Å². The second kappa shape index (κ2) is 5.99. The number of hydrogen-bond acceptors (Lipinski definition) is 3. The van der Waals surface area contributed by atoms with Crippen molar-refractivity contribution in [2.75, 3.05) is 31.1 Å². The topological polar surface area (TPSA) is 72.5 Å². The number of imidazole rings is 1. The van der Waals surface area contributed by atoms with E-state index in [-0.39, 0.29) is 18.5 Å². The van der Waals surface area contributed by atoms with Crippen molar-refractivity contribution in [3.05, 3.63) is 48.0 Å². The highest BCUT2D eigenvalue weighted by Gasteiger charge is 2.32. The van der Waals surface area contributed by atoms with Gasteiger partial charge in [-0.3, -0.25) is 9.69 Å². The molecule has 0 saturated carbocycles. The van der Waals surface area contributed by atoms with E-state index in [4.69, 9.17) is 0 Å². The number of aromatic nitrogens is 2. The largest absolute Gasteiger partial charge is 0.347 e. The molecule has 1 saturated heterocycles. The van der Waals surface area contributed by atoms with Gasteiger partial charge in [-0.1, -0.05) is 18.2 Å². The molecule has 0 aliphatic carbocycles. The Morgan fingerprint density at radius 3 is 2.83 bits per heavy atom. The number of carbonyl (C=O) groups is 2. The summed E-state index contributed by atoms with van der Waals surface area (Å²) in [6, 6.07) is 9.46. The van der Waals surface area contributed by atoms with E-state index in [0.717, 1.165) is 23.5 Å². The van der Waals surface area contributed by atoms with Crippen molar-refractivity contribution in [2.45, 2.75) is 13.0 Å². The fraction of sp³-hybridized carbons (Fsp3) is 0.353. The lowest BCUT2D eigenvalue weighted by atomic mass is 10.1. The van der Waals surface area contributed by atoms with Crippen LogP contribution in [0.2, 0.25) is 0 Å². The van der Waals surface area contributed by atoms with E-state index in [2.05, 4.69) is 9.97 Å². The van der Waals surface area contributed by atoms with Gasteiger partial charge < -0.3 is 14.8 Å². The molecule has 0 spiro atoms. The number of nitrogens with zero attached hydrogens (tertiary/aromatic N) is 4. The predicted molar refractivity (Wildman–Crippen MR) is 88.5 cm³/mol. The number of nitrogens with one attached hydrogen (secondary N) is 1. The van der Waals surface area contributed by atoms with Crippen molar-refractivity contribution in [3.8, 4) is 0 Å². The van der Waals surface area contributed by atoms with Gasteiger partial charge in [0.25, 0.3) is 0 Å². The molecule has 0 unspecified atom stereocenters. The van der Waals surface area contributed by atoms with Crippen molar-refractivity contribution < 1.29 is 9.59 Å². The minimum atomic E-state index is -0.103. The molecule has 24 heavy (non-hydrogen) atoms.